The number of carbonyl (C=O) groups is 2. The Kier molecular flexibility index (Phi) is 3.65. The van der Waals surface area contributed by atoms with E-state index in [1.165, 1.54) is 29.2 Å². The first kappa shape index (κ1) is 18.5. The van der Waals surface area contributed by atoms with Crippen LogP contribution in [0, 0.1) is 11.8 Å². The van der Waals surface area contributed by atoms with Gasteiger partial charge in [0, 0.05) is 11.8 Å². The molecule has 2 amide bonds. The third kappa shape index (κ3) is 2.38. The summed E-state index contributed by atoms with van der Waals surface area (Å²) in [4.78, 5) is 28.4. The van der Waals surface area contributed by atoms with Gasteiger partial charge in [-0.2, -0.15) is 0 Å². The molecule has 1 fully saturated rings. The Morgan fingerprint density at radius 1 is 0.645 bits per heavy atom. The Labute approximate surface area is 179 Å². The van der Waals surface area contributed by atoms with Crippen molar-refractivity contribution in [2.45, 2.75) is 16.7 Å². The van der Waals surface area contributed by atoms with Gasteiger partial charge in [0.2, 0.25) is 21.8 Å². The zero-order chi connectivity index (χ0) is 21.5. The summed E-state index contributed by atoms with van der Waals surface area (Å²) in [6, 6.07) is 21.7. The van der Waals surface area contributed by atoms with Crippen LogP contribution in [0.2, 0.25) is 0 Å². The van der Waals surface area contributed by atoms with Crippen molar-refractivity contribution in [1.82, 2.24) is 0 Å². The molecule has 7 rings (SSSR count). The lowest BCUT2D eigenvalue weighted by atomic mass is 9.55. The Hall–Kier alpha value is -3.29. The summed E-state index contributed by atoms with van der Waals surface area (Å²) < 4.78 is 23.2. The summed E-state index contributed by atoms with van der Waals surface area (Å²) in [5, 5.41) is 5.18. The molecule has 154 valence electrons. The van der Waals surface area contributed by atoms with E-state index in [0.29, 0.717) is 5.69 Å². The van der Waals surface area contributed by atoms with Gasteiger partial charge in [-0.15, -0.1) is 0 Å². The number of imide groups is 1. The van der Waals surface area contributed by atoms with Gasteiger partial charge >= 0.3 is 0 Å². The summed E-state index contributed by atoms with van der Waals surface area (Å²) >= 11 is 0. The van der Waals surface area contributed by atoms with E-state index in [2.05, 4.69) is 24.3 Å². The smallest absolute Gasteiger partial charge is 0.238 e. The van der Waals surface area contributed by atoms with E-state index in [1.807, 2.05) is 24.3 Å². The fourth-order valence-electron chi connectivity index (χ4n) is 5.72. The lowest BCUT2D eigenvalue weighted by Crippen LogP contribution is -2.41. The Morgan fingerprint density at radius 2 is 1.03 bits per heavy atom. The van der Waals surface area contributed by atoms with Gasteiger partial charge in [0.15, 0.2) is 0 Å². The number of amides is 2. The number of primary sulfonamides is 1. The molecule has 7 heteroatoms. The second-order valence-electron chi connectivity index (χ2n) is 8.32. The molecular weight excluding hydrogens is 412 g/mol. The number of sulfonamides is 1. The number of rotatable bonds is 2. The highest BCUT2D eigenvalue weighted by atomic mass is 32.2. The molecule has 4 aliphatic rings. The van der Waals surface area contributed by atoms with Crippen LogP contribution in [0.4, 0.5) is 5.69 Å². The Bertz CT molecular complexity index is 1270. The fraction of sp³-hybridized carbons (Fsp3) is 0.167. The fourth-order valence-corrected chi connectivity index (χ4v) is 6.23. The van der Waals surface area contributed by atoms with Crippen molar-refractivity contribution in [2.24, 2.45) is 17.0 Å². The lowest BCUT2D eigenvalue weighted by Gasteiger charge is -2.45. The van der Waals surface area contributed by atoms with E-state index >= 15 is 0 Å². The molecule has 0 spiro atoms. The standard InChI is InChI=1S/C24H18N2O4S/c25-31(29,30)14-11-9-13(10-12-14)26-23(27)21-19-15-5-1-2-6-16(15)20(22(21)24(26)28)18-8-4-3-7-17(18)19/h1-12,19-22H,(H2,25,29,30). The summed E-state index contributed by atoms with van der Waals surface area (Å²) in [6.07, 6.45) is 0. The molecule has 3 aromatic carbocycles. The van der Waals surface area contributed by atoms with Crippen LogP contribution in [0.1, 0.15) is 34.1 Å². The molecule has 2 atom stereocenters. The van der Waals surface area contributed by atoms with Crippen LogP contribution in [0.15, 0.2) is 77.7 Å². The van der Waals surface area contributed by atoms with Crippen molar-refractivity contribution in [2.75, 3.05) is 4.90 Å². The number of hydrogen-bond acceptors (Lipinski definition) is 4. The zero-order valence-corrected chi connectivity index (χ0v) is 17.1. The van der Waals surface area contributed by atoms with Gasteiger partial charge in [0.05, 0.1) is 22.4 Å². The molecule has 2 unspecified atom stereocenters. The first-order valence-electron chi connectivity index (χ1n) is 10.1. The van der Waals surface area contributed by atoms with Gasteiger partial charge in [-0.25, -0.2) is 18.5 Å². The van der Waals surface area contributed by atoms with Crippen molar-refractivity contribution in [3.63, 3.8) is 0 Å². The minimum atomic E-state index is -3.86. The van der Waals surface area contributed by atoms with E-state index in [0.717, 1.165) is 22.3 Å². The van der Waals surface area contributed by atoms with Gasteiger partial charge < -0.3 is 0 Å². The molecule has 2 N–H and O–H groups in total. The predicted octanol–water partition coefficient (Wildman–Crippen LogP) is 2.73. The summed E-state index contributed by atoms with van der Waals surface area (Å²) in [6.45, 7) is 0. The maximum Gasteiger partial charge on any atom is 0.238 e. The average molecular weight is 430 g/mol. The van der Waals surface area contributed by atoms with E-state index in [9.17, 15) is 18.0 Å². The quantitative estimate of drug-likeness (QED) is 0.632. The summed E-state index contributed by atoms with van der Waals surface area (Å²) in [7, 11) is -3.86. The normalized spacial score (nSPS) is 25.9. The molecule has 6 nitrogen and oxygen atoms in total. The van der Waals surface area contributed by atoms with Crippen LogP contribution in [-0.4, -0.2) is 20.2 Å². The number of hydrogen-bond donors (Lipinski definition) is 1. The SMILES string of the molecule is NS(=O)(=O)c1ccc(N2C(=O)C3C4c5ccccc5C(c5ccccc54)C3C2=O)cc1. The maximum absolute atomic E-state index is 13.6. The second kappa shape index (κ2) is 6.12. The van der Waals surface area contributed by atoms with Crippen molar-refractivity contribution < 1.29 is 18.0 Å². The summed E-state index contributed by atoms with van der Waals surface area (Å²) in [5.74, 6) is -1.77. The van der Waals surface area contributed by atoms with E-state index in [1.54, 1.807) is 0 Å². The monoisotopic (exact) mass is 430 g/mol. The van der Waals surface area contributed by atoms with E-state index in [-0.39, 0.29) is 28.5 Å². The minimum absolute atomic E-state index is 0.0624. The number of nitrogens with two attached hydrogens (primary N) is 1. The molecule has 0 saturated carbocycles. The predicted molar refractivity (Wildman–Crippen MR) is 114 cm³/mol. The van der Waals surface area contributed by atoms with Crippen LogP contribution in [0.3, 0.4) is 0 Å². The molecule has 0 radical (unpaired) electrons. The molecule has 3 aliphatic carbocycles. The van der Waals surface area contributed by atoms with Crippen LogP contribution < -0.4 is 10.0 Å². The number of benzene rings is 3. The average Bonchev–Trinajstić information content (AvgIpc) is 3.04. The topological polar surface area (TPSA) is 97.5 Å². The zero-order valence-electron chi connectivity index (χ0n) is 16.3. The molecule has 1 saturated heterocycles. The van der Waals surface area contributed by atoms with Crippen molar-refractivity contribution in [3.8, 4) is 0 Å². The van der Waals surface area contributed by atoms with Gasteiger partial charge in [-0.3, -0.25) is 9.59 Å². The highest BCUT2D eigenvalue weighted by Gasteiger charge is 2.61. The van der Waals surface area contributed by atoms with Crippen molar-refractivity contribution >= 4 is 27.5 Å². The van der Waals surface area contributed by atoms with Crippen LogP contribution in [0.25, 0.3) is 0 Å². The third-order valence-corrected chi connectivity index (χ3v) is 7.80. The number of anilines is 1. The van der Waals surface area contributed by atoms with Crippen molar-refractivity contribution in [1.29, 1.82) is 0 Å². The molecule has 31 heavy (non-hydrogen) atoms. The lowest BCUT2D eigenvalue weighted by molar-refractivity contribution is -0.122. The van der Waals surface area contributed by atoms with Crippen molar-refractivity contribution in [3.05, 3.63) is 95.1 Å². The first-order valence-corrected chi connectivity index (χ1v) is 11.6. The van der Waals surface area contributed by atoms with Crippen LogP contribution >= 0.6 is 0 Å². The molecule has 3 aromatic rings. The van der Waals surface area contributed by atoms with Gasteiger partial charge in [-0.1, -0.05) is 48.5 Å². The first-order chi connectivity index (χ1) is 14.9. The second-order valence-corrected chi connectivity index (χ2v) is 9.88. The minimum Gasteiger partial charge on any atom is -0.274 e. The molecular formula is C24H18N2O4S. The van der Waals surface area contributed by atoms with Gasteiger partial charge in [0.1, 0.15) is 0 Å². The van der Waals surface area contributed by atoms with Crippen LogP contribution in [-0.2, 0) is 19.6 Å². The largest absolute Gasteiger partial charge is 0.274 e. The van der Waals surface area contributed by atoms with E-state index < -0.39 is 21.9 Å². The Morgan fingerprint density at radius 3 is 1.39 bits per heavy atom. The van der Waals surface area contributed by atoms with E-state index in [4.69, 9.17) is 5.14 Å². The van der Waals surface area contributed by atoms with Crippen LogP contribution in [0.5, 0.6) is 0 Å². The Balaban J connectivity index is 1.50. The molecule has 1 aliphatic heterocycles. The molecule has 1 heterocycles. The third-order valence-electron chi connectivity index (χ3n) is 6.87. The summed E-state index contributed by atoms with van der Waals surface area (Å²) in [5.41, 5.74) is 4.81. The number of carbonyl (C=O) groups excluding carboxylic acids is 2. The molecule has 0 aromatic heterocycles. The molecule has 2 bridgehead atoms. The highest BCUT2D eigenvalue weighted by molar-refractivity contribution is 7.89. The number of nitrogens with zero attached hydrogens (tertiary/aromatic N) is 1. The maximum atomic E-state index is 13.6. The van der Waals surface area contributed by atoms with Gasteiger partial charge in [-0.05, 0) is 46.5 Å². The highest BCUT2D eigenvalue weighted by Crippen LogP contribution is 2.61. The van der Waals surface area contributed by atoms with Gasteiger partial charge in [0.25, 0.3) is 0 Å².